The number of hydrogen-bond acceptors (Lipinski definition) is 3. The van der Waals surface area contributed by atoms with Crippen molar-refractivity contribution in [1.82, 2.24) is 0 Å². The molecule has 0 atom stereocenters. The highest BCUT2D eigenvalue weighted by Crippen LogP contribution is 2.29. The van der Waals surface area contributed by atoms with Crippen molar-refractivity contribution in [2.75, 3.05) is 11.4 Å². The Bertz CT molecular complexity index is 570. The molecule has 1 aliphatic rings. The van der Waals surface area contributed by atoms with Gasteiger partial charge < -0.3 is 4.90 Å². The maximum atomic E-state index is 11.2. The summed E-state index contributed by atoms with van der Waals surface area (Å²) in [5.41, 5.74) is 3.68. The summed E-state index contributed by atoms with van der Waals surface area (Å²) in [4.78, 5) is 24.3. The Hall–Kier alpha value is -2.16. The first-order valence-corrected chi connectivity index (χ1v) is 6.40. The van der Waals surface area contributed by atoms with E-state index in [4.69, 9.17) is 0 Å². The van der Waals surface area contributed by atoms with E-state index in [1.807, 2.05) is 23.1 Å². The van der Waals surface area contributed by atoms with E-state index in [0.29, 0.717) is 12.2 Å². The second kappa shape index (κ2) is 5.65. The highest BCUT2D eigenvalue weighted by Gasteiger charge is 2.17. The number of benzene rings is 1. The minimum absolute atomic E-state index is 0.121. The third kappa shape index (κ3) is 2.81. The molecule has 0 radical (unpaired) electrons. The third-order valence-corrected chi connectivity index (χ3v) is 3.16. The van der Waals surface area contributed by atoms with Crippen LogP contribution in [0.1, 0.15) is 25.0 Å². The van der Waals surface area contributed by atoms with Gasteiger partial charge in [-0.2, -0.15) is 0 Å². The molecular formula is C16H17NO2. The highest BCUT2D eigenvalue weighted by molar-refractivity contribution is 5.96. The minimum Gasteiger partial charge on any atom is -0.334 e. The molecular weight excluding hydrogens is 238 g/mol. The smallest absolute Gasteiger partial charge is 0.166 e. The lowest BCUT2D eigenvalue weighted by atomic mass is 10.0. The van der Waals surface area contributed by atoms with Crippen molar-refractivity contribution in [3.63, 3.8) is 0 Å². The molecule has 0 aliphatic carbocycles. The predicted molar refractivity (Wildman–Crippen MR) is 77.0 cm³/mol. The molecule has 19 heavy (non-hydrogen) atoms. The molecule has 0 fully saturated rings. The van der Waals surface area contributed by atoms with E-state index in [1.165, 1.54) is 18.6 Å². The van der Waals surface area contributed by atoms with Crippen LogP contribution in [0.4, 0.5) is 5.69 Å². The number of anilines is 1. The van der Waals surface area contributed by atoms with Crippen LogP contribution in [-0.2, 0) is 16.0 Å². The van der Waals surface area contributed by atoms with Gasteiger partial charge in [0.15, 0.2) is 12.1 Å². The molecule has 0 bridgehead atoms. The lowest BCUT2D eigenvalue weighted by Crippen LogP contribution is -2.26. The summed E-state index contributed by atoms with van der Waals surface area (Å²) in [6.07, 6.45) is 7.10. The van der Waals surface area contributed by atoms with Gasteiger partial charge in [-0.05, 0) is 30.5 Å². The summed E-state index contributed by atoms with van der Waals surface area (Å²) >= 11 is 0. The molecule has 3 nitrogen and oxygen atoms in total. The number of carbonyl (C=O) groups is 2. The lowest BCUT2D eigenvalue weighted by molar-refractivity contribution is -0.113. The van der Waals surface area contributed by atoms with Crippen molar-refractivity contribution in [2.24, 2.45) is 0 Å². The van der Waals surface area contributed by atoms with Crippen LogP contribution in [0.2, 0.25) is 0 Å². The number of carbonyl (C=O) groups excluding carboxylic acids is 2. The Morgan fingerprint density at radius 2 is 2.21 bits per heavy atom. The molecule has 0 unspecified atom stereocenters. The lowest BCUT2D eigenvalue weighted by Gasteiger charge is -2.28. The molecule has 0 aromatic heterocycles. The van der Waals surface area contributed by atoms with Crippen molar-refractivity contribution in [2.45, 2.75) is 20.3 Å². The van der Waals surface area contributed by atoms with E-state index in [2.05, 4.69) is 19.1 Å². The Balaban J connectivity index is 2.48. The van der Waals surface area contributed by atoms with Gasteiger partial charge in [0.1, 0.15) is 0 Å². The summed E-state index contributed by atoms with van der Waals surface area (Å²) in [5.74, 6) is -0.121. The fraction of sp³-hybridized carbons (Fsp3) is 0.250. The molecule has 1 aliphatic heterocycles. The molecule has 2 rings (SSSR count). The van der Waals surface area contributed by atoms with Gasteiger partial charge >= 0.3 is 0 Å². The normalized spacial score (nSPS) is 14.2. The molecule has 98 valence electrons. The zero-order chi connectivity index (χ0) is 13.8. The summed E-state index contributed by atoms with van der Waals surface area (Å²) in [5, 5.41) is 0. The van der Waals surface area contributed by atoms with E-state index < -0.39 is 0 Å². The number of allylic oxidation sites excluding steroid dienone is 2. The van der Waals surface area contributed by atoms with Crippen molar-refractivity contribution < 1.29 is 9.59 Å². The molecule has 1 aromatic carbocycles. The standard InChI is InChI=1S/C16H17NO2/c1-3-13-6-7-14-5-4-8-17(16(14)10-13)15(11-18)9-12(2)19/h4-7,9-11H,3,8H2,1-2H3/b15-9+. The fourth-order valence-corrected chi connectivity index (χ4v) is 2.20. The highest BCUT2D eigenvalue weighted by atomic mass is 16.1. The number of ketones is 1. The average molecular weight is 255 g/mol. The van der Waals surface area contributed by atoms with Gasteiger partial charge in [0.2, 0.25) is 0 Å². The molecule has 0 saturated carbocycles. The Labute approximate surface area is 113 Å². The van der Waals surface area contributed by atoms with E-state index >= 15 is 0 Å². The average Bonchev–Trinajstić information content (AvgIpc) is 2.43. The van der Waals surface area contributed by atoms with Crippen LogP contribution in [0.25, 0.3) is 6.08 Å². The van der Waals surface area contributed by atoms with E-state index in [-0.39, 0.29) is 5.78 Å². The molecule has 1 heterocycles. The van der Waals surface area contributed by atoms with Gasteiger partial charge in [-0.3, -0.25) is 9.59 Å². The van der Waals surface area contributed by atoms with Crippen LogP contribution in [-0.4, -0.2) is 18.6 Å². The van der Waals surface area contributed by atoms with Gasteiger partial charge in [0, 0.05) is 18.3 Å². The first-order chi connectivity index (χ1) is 9.15. The van der Waals surface area contributed by atoms with E-state index in [0.717, 1.165) is 24.0 Å². The Morgan fingerprint density at radius 1 is 1.42 bits per heavy atom. The first kappa shape index (κ1) is 13.3. The predicted octanol–water partition coefficient (Wildman–Crippen LogP) is 2.75. The van der Waals surface area contributed by atoms with Gasteiger partial charge in [-0.25, -0.2) is 0 Å². The SMILES string of the molecule is CCc1ccc2c(c1)N(/C(C=O)=C/C(C)=O)CC=C2. The van der Waals surface area contributed by atoms with Crippen LogP contribution in [0.5, 0.6) is 0 Å². The first-order valence-electron chi connectivity index (χ1n) is 6.40. The molecule has 0 spiro atoms. The van der Waals surface area contributed by atoms with Gasteiger partial charge in [-0.15, -0.1) is 0 Å². The summed E-state index contributed by atoms with van der Waals surface area (Å²) in [6, 6.07) is 6.21. The zero-order valence-electron chi connectivity index (χ0n) is 11.2. The van der Waals surface area contributed by atoms with Crippen LogP contribution in [0, 0.1) is 0 Å². The molecule has 1 aromatic rings. The Morgan fingerprint density at radius 3 is 2.84 bits per heavy atom. The second-order valence-electron chi connectivity index (χ2n) is 4.56. The van der Waals surface area contributed by atoms with Crippen molar-refractivity contribution >= 4 is 23.8 Å². The summed E-state index contributed by atoms with van der Waals surface area (Å²) in [7, 11) is 0. The van der Waals surface area contributed by atoms with Crippen LogP contribution in [0.15, 0.2) is 36.0 Å². The third-order valence-electron chi connectivity index (χ3n) is 3.16. The number of aryl methyl sites for hydroxylation is 1. The summed E-state index contributed by atoms with van der Waals surface area (Å²) in [6.45, 7) is 4.15. The monoisotopic (exact) mass is 255 g/mol. The fourth-order valence-electron chi connectivity index (χ4n) is 2.20. The van der Waals surface area contributed by atoms with Crippen LogP contribution < -0.4 is 4.90 Å². The van der Waals surface area contributed by atoms with Gasteiger partial charge in [-0.1, -0.05) is 31.2 Å². The molecule has 0 amide bonds. The number of hydrogen-bond donors (Lipinski definition) is 0. The van der Waals surface area contributed by atoms with Crippen molar-refractivity contribution in [3.05, 3.63) is 47.2 Å². The maximum Gasteiger partial charge on any atom is 0.166 e. The quantitative estimate of drug-likeness (QED) is 0.613. The van der Waals surface area contributed by atoms with Gasteiger partial charge in [0.25, 0.3) is 0 Å². The van der Waals surface area contributed by atoms with Crippen LogP contribution in [0.3, 0.4) is 0 Å². The molecule has 3 heteroatoms. The van der Waals surface area contributed by atoms with Crippen LogP contribution >= 0.6 is 0 Å². The van der Waals surface area contributed by atoms with E-state index in [9.17, 15) is 9.59 Å². The van der Waals surface area contributed by atoms with Crippen molar-refractivity contribution in [3.8, 4) is 0 Å². The molecule has 0 N–H and O–H groups in total. The maximum absolute atomic E-state index is 11.2. The number of nitrogens with zero attached hydrogens (tertiary/aromatic N) is 1. The molecule has 0 saturated heterocycles. The number of fused-ring (bicyclic) bond motifs is 1. The largest absolute Gasteiger partial charge is 0.334 e. The minimum atomic E-state index is -0.121. The number of aldehydes is 1. The van der Waals surface area contributed by atoms with Gasteiger partial charge in [0.05, 0.1) is 5.70 Å². The topological polar surface area (TPSA) is 37.4 Å². The zero-order valence-corrected chi connectivity index (χ0v) is 11.2. The number of rotatable bonds is 4. The second-order valence-corrected chi connectivity index (χ2v) is 4.56. The Kier molecular flexibility index (Phi) is 3.95. The van der Waals surface area contributed by atoms with E-state index in [1.54, 1.807) is 0 Å². The summed E-state index contributed by atoms with van der Waals surface area (Å²) < 4.78 is 0. The van der Waals surface area contributed by atoms with Crippen molar-refractivity contribution in [1.29, 1.82) is 0 Å².